The van der Waals surface area contributed by atoms with E-state index in [-0.39, 0.29) is 24.3 Å². The van der Waals surface area contributed by atoms with E-state index in [1.54, 1.807) is 30.0 Å². The molecule has 2 atom stereocenters. The molecule has 0 aromatic heterocycles. The normalized spacial score (nSPS) is 12.9. The van der Waals surface area contributed by atoms with E-state index >= 15 is 0 Å². The molecule has 0 aliphatic heterocycles. The van der Waals surface area contributed by atoms with E-state index in [1.807, 2.05) is 38.1 Å². The van der Waals surface area contributed by atoms with Crippen LogP contribution in [-0.4, -0.2) is 28.8 Å². The summed E-state index contributed by atoms with van der Waals surface area (Å²) in [6, 6.07) is 12.3. The molecule has 2 aromatic rings. The minimum absolute atomic E-state index is 0.0460. The van der Waals surface area contributed by atoms with E-state index in [1.165, 1.54) is 0 Å². The van der Waals surface area contributed by atoms with Gasteiger partial charge >= 0.3 is 0 Å². The molecule has 0 fully saturated rings. The van der Waals surface area contributed by atoms with Gasteiger partial charge in [-0.2, -0.15) is 0 Å². The zero-order valence-corrected chi connectivity index (χ0v) is 19.8. The molecule has 29 heavy (non-hydrogen) atoms. The second-order valence-corrected chi connectivity index (χ2v) is 8.80. The fourth-order valence-electron chi connectivity index (χ4n) is 2.76. The van der Waals surface area contributed by atoms with Gasteiger partial charge in [0.25, 0.3) is 0 Å². The molecule has 0 saturated heterocycles. The van der Waals surface area contributed by atoms with Gasteiger partial charge in [0.1, 0.15) is 6.04 Å². The van der Waals surface area contributed by atoms with E-state index in [0.29, 0.717) is 16.6 Å². The third-order valence-corrected chi connectivity index (χ3v) is 6.04. The van der Waals surface area contributed by atoms with E-state index in [2.05, 4.69) is 21.2 Å². The molecule has 0 spiro atoms. The van der Waals surface area contributed by atoms with E-state index in [0.717, 1.165) is 22.0 Å². The Kier molecular flexibility index (Phi) is 9.00. The molecular weight excluding hydrogens is 475 g/mol. The first-order chi connectivity index (χ1) is 13.7. The molecule has 2 aromatic carbocycles. The van der Waals surface area contributed by atoms with Gasteiger partial charge in [0.15, 0.2) is 0 Å². The van der Waals surface area contributed by atoms with Gasteiger partial charge in [0, 0.05) is 17.1 Å². The highest BCUT2D eigenvalue weighted by Crippen LogP contribution is 2.23. The minimum Gasteiger partial charge on any atom is -0.352 e. The molecule has 156 valence electrons. The van der Waals surface area contributed by atoms with Crippen molar-refractivity contribution >= 4 is 50.9 Å². The molecule has 0 aliphatic rings. The number of amides is 2. The quantitative estimate of drug-likeness (QED) is 0.511. The first-order valence-electron chi connectivity index (χ1n) is 9.49. The van der Waals surface area contributed by atoms with Crippen molar-refractivity contribution in [3.8, 4) is 0 Å². The molecule has 4 nitrogen and oxygen atoms in total. The Balaban J connectivity index is 2.23. The average Bonchev–Trinajstić information content (AvgIpc) is 2.69. The van der Waals surface area contributed by atoms with Crippen molar-refractivity contribution in [1.29, 1.82) is 0 Å². The van der Waals surface area contributed by atoms with Crippen molar-refractivity contribution in [2.75, 3.05) is 0 Å². The summed E-state index contributed by atoms with van der Waals surface area (Å²) in [7, 11) is 0. The van der Waals surface area contributed by atoms with Crippen LogP contribution in [0.15, 0.2) is 46.9 Å². The van der Waals surface area contributed by atoms with Crippen molar-refractivity contribution < 1.29 is 9.59 Å². The summed E-state index contributed by atoms with van der Waals surface area (Å²) >= 11 is 15.5. The van der Waals surface area contributed by atoms with Gasteiger partial charge in [-0.15, -0.1) is 0 Å². The largest absolute Gasteiger partial charge is 0.352 e. The first kappa shape index (κ1) is 23.7. The molecule has 0 aliphatic carbocycles. The smallest absolute Gasteiger partial charge is 0.242 e. The SMILES string of the molecule is CC[C@@H](C)NC(=O)[C@H](C)N(Cc1ccc(Br)cc1)C(=O)Cc1ccc(Cl)c(Cl)c1. The summed E-state index contributed by atoms with van der Waals surface area (Å²) in [6.07, 6.45) is 0.955. The van der Waals surface area contributed by atoms with Crippen molar-refractivity contribution in [3.05, 3.63) is 68.1 Å². The zero-order chi connectivity index (χ0) is 21.6. The predicted octanol–water partition coefficient (Wildman–Crippen LogP) is 5.63. The van der Waals surface area contributed by atoms with Crippen LogP contribution in [0.25, 0.3) is 0 Å². The summed E-state index contributed by atoms with van der Waals surface area (Å²) in [5, 5.41) is 3.80. The van der Waals surface area contributed by atoms with Gasteiger partial charge in [-0.3, -0.25) is 9.59 Å². The summed E-state index contributed by atoms with van der Waals surface area (Å²) in [6.45, 7) is 6.04. The fourth-order valence-corrected chi connectivity index (χ4v) is 3.35. The molecule has 0 saturated carbocycles. The minimum atomic E-state index is -0.608. The Hall–Kier alpha value is -1.56. The molecule has 7 heteroatoms. The van der Waals surface area contributed by atoms with Crippen molar-refractivity contribution in [2.24, 2.45) is 0 Å². The summed E-state index contributed by atoms with van der Waals surface area (Å²) in [5.41, 5.74) is 1.69. The molecule has 1 N–H and O–H groups in total. The molecule has 0 bridgehead atoms. The zero-order valence-electron chi connectivity index (χ0n) is 16.7. The number of nitrogens with one attached hydrogen (secondary N) is 1. The first-order valence-corrected chi connectivity index (χ1v) is 11.0. The Morgan fingerprint density at radius 2 is 1.66 bits per heavy atom. The van der Waals surface area contributed by atoms with Gasteiger partial charge in [-0.25, -0.2) is 0 Å². The van der Waals surface area contributed by atoms with Crippen LogP contribution in [0.3, 0.4) is 0 Å². The number of carbonyl (C=O) groups is 2. The average molecular weight is 500 g/mol. The lowest BCUT2D eigenvalue weighted by Crippen LogP contribution is -2.49. The number of hydrogen-bond donors (Lipinski definition) is 1. The van der Waals surface area contributed by atoms with Crippen LogP contribution < -0.4 is 5.32 Å². The highest BCUT2D eigenvalue weighted by Gasteiger charge is 2.27. The number of halogens is 3. The van der Waals surface area contributed by atoms with Crippen LogP contribution in [0.1, 0.15) is 38.3 Å². The number of carbonyl (C=O) groups excluding carboxylic acids is 2. The van der Waals surface area contributed by atoms with Crippen LogP contribution in [-0.2, 0) is 22.6 Å². The maximum Gasteiger partial charge on any atom is 0.242 e. The fraction of sp³-hybridized carbons (Fsp3) is 0.364. The highest BCUT2D eigenvalue weighted by molar-refractivity contribution is 9.10. The lowest BCUT2D eigenvalue weighted by molar-refractivity contribution is -0.140. The lowest BCUT2D eigenvalue weighted by Gasteiger charge is -2.30. The number of rotatable bonds is 8. The predicted molar refractivity (Wildman–Crippen MR) is 122 cm³/mol. The molecule has 2 rings (SSSR count). The lowest BCUT2D eigenvalue weighted by atomic mass is 10.1. The maximum atomic E-state index is 13.1. The van der Waals surface area contributed by atoms with Gasteiger partial charge in [-0.1, -0.05) is 64.3 Å². The van der Waals surface area contributed by atoms with Gasteiger partial charge in [-0.05, 0) is 55.7 Å². The Morgan fingerprint density at radius 3 is 2.24 bits per heavy atom. The maximum absolute atomic E-state index is 13.1. The van der Waals surface area contributed by atoms with Crippen molar-refractivity contribution in [2.45, 2.75) is 52.2 Å². The van der Waals surface area contributed by atoms with Crippen LogP contribution in [0.2, 0.25) is 10.0 Å². The third kappa shape index (κ3) is 7.02. The second-order valence-electron chi connectivity index (χ2n) is 7.07. The van der Waals surface area contributed by atoms with Crippen molar-refractivity contribution in [3.63, 3.8) is 0 Å². The van der Waals surface area contributed by atoms with Crippen LogP contribution in [0, 0.1) is 0 Å². The Labute approximate surface area is 190 Å². The second kappa shape index (κ2) is 11.0. The van der Waals surface area contributed by atoms with Crippen molar-refractivity contribution in [1.82, 2.24) is 10.2 Å². The van der Waals surface area contributed by atoms with E-state index in [9.17, 15) is 9.59 Å². The topological polar surface area (TPSA) is 49.4 Å². The Morgan fingerprint density at radius 1 is 1.03 bits per heavy atom. The summed E-state index contributed by atoms with van der Waals surface area (Å²) in [4.78, 5) is 27.4. The number of nitrogens with zero attached hydrogens (tertiary/aromatic N) is 1. The molecule has 2 amide bonds. The number of benzene rings is 2. The van der Waals surface area contributed by atoms with Crippen LogP contribution >= 0.6 is 39.1 Å². The Bertz CT molecular complexity index is 858. The molecular formula is C22H25BrCl2N2O2. The molecule has 0 radical (unpaired) electrons. The van der Waals surface area contributed by atoms with Gasteiger partial charge in [0.05, 0.1) is 16.5 Å². The molecule has 0 unspecified atom stereocenters. The highest BCUT2D eigenvalue weighted by atomic mass is 79.9. The molecule has 0 heterocycles. The third-order valence-electron chi connectivity index (χ3n) is 4.77. The van der Waals surface area contributed by atoms with Crippen LogP contribution in [0.5, 0.6) is 0 Å². The number of hydrogen-bond acceptors (Lipinski definition) is 2. The van der Waals surface area contributed by atoms with Crippen LogP contribution in [0.4, 0.5) is 0 Å². The monoisotopic (exact) mass is 498 g/mol. The summed E-state index contributed by atoms with van der Waals surface area (Å²) < 4.78 is 0.956. The van der Waals surface area contributed by atoms with E-state index in [4.69, 9.17) is 23.2 Å². The van der Waals surface area contributed by atoms with E-state index < -0.39 is 6.04 Å². The van der Waals surface area contributed by atoms with Gasteiger partial charge in [0.2, 0.25) is 11.8 Å². The standard InChI is InChI=1S/C22H25BrCl2N2O2/c1-4-14(2)26-22(29)15(3)27(13-16-5-8-18(23)9-6-16)21(28)12-17-7-10-19(24)20(25)11-17/h5-11,14-15H,4,12-13H2,1-3H3,(H,26,29)/t14-,15+/m1/s1. The summed E-state index contributed by atoms with van der Waals surface area (Å²) in [5.74, 6) is -0.322. The van der Waals surface area contributed by atoms with Gasteiger partial charge < -0.3 is 10.2 Å².